The van der Waals surface area contributed by atoms with Gasteiger partial charge in [-0.25, -0.2) is 4.79 Å². The first-order chi connectivity index (χ1) is 21.4. The summed E-state index contributed by atoms with van der Waals surface area (Å²) in [6, 6.07) is 9.75. The van der Waals surface area contributed by atoms with Gasteiger partial charge in [-0.1, -0.05) is 50.2 Å². The summed E-state index contributed by atoms with van der Waals surface area (Å²) in [5.74, 6) is -4.82. The van der Waals surface area contributed by atoms with Crippen LogP contribution in [0.1, 0.15) is 37.8 Å². The van der Waals surface area contributed by atoms with Crippen LogP contribution in [0.25, 0.3) is 21.8 Å². The largest absolute Gasteiger partial charge is 0.481 e. The number of carboxylic acids is 2. The van der Waals surface area contributed by atoms with Crippen LogP contribution >= 0.6 is 0 Å². The van der Waals surface area contributed by atoms with Gasteiger partial charge >= 0.3 is 11.9 Å². The van der Waals surface area contributed by atoms with Gasteiger partial charge in [0.2, 0.25) is 17.7 Å². The maximum Gasteiger partial charge on any atom is 0.326 e. The predicted octanol–water partition coefficient (Wildman–Crippen LogP) is 1.82. The minimum atomic E-state index is -1.41. The number of carbonyl (C=O) groups excluding carboxylic acids is 3. The fourth-order valence-electron chi connectivity index (χ4n) is 5.26. The van der Waals surface area contributed by atoms with Gasteiger partial charge in [0.25, 0.3) is 0 Å². The van der Waals surface area contributed by atoms with Gasteiger partial charge in [-0.15, -0.1) is 0 Å². The van der Waals surface area contributed by atoms with Crippen LogP contribution in [0.4, 0.5) is 0 Å². The number of aromatic amines is 2. The van der Waals surface area contributed by atoms with Crippen LogP contribution in [-0.4, -0.2) is 74.0 Å². The Bertz CT molecular complexity index is 1690. The number of aliphatic carboxylic acids is 2. The van der Waals surface area contributed by atoms with E-state index in [4.69, 9.17) is 10.8 Å². The van der Waals surface area contributed by atoms with Gasteiger partial charge in [-0.05, 0) is 35.6 Å². The third-order valence-electron chi connectivity index (χ3n) is 7.52. The molecule has 13 heteroatoms. The highest BCUT2D eigenvalue weighted by Gasteiger charge is 2.32. The van der Waals surface area contributed by atoms with Crippen molar-refractivity contribution in [3.05, 3.63) is 72.1 Å². The van der Waals surface area contributed by atoms with Crippen molar-refractivity contribution in [3.8, 4) is 0 Å². The zero-order valence-electron chi connectivity index (χ0n) is 25.0. The molecule has 13 nitrogen and oxygen atoms in total. The fourth-order valence-corrected chi connectivity index (χ4v) is 5.26. The van der Waals surface area contributed by atoms with Crippen molar-refractivity contribution in [2.45, 2.75) is 63.7 Å². The minimum absolute atomic E-state index is 0.00808. The molecule has 45 heavy (non-hydrogen) atoms. The van der Waals surface area contributed by atoms with Crippen LogP contribution < -0.4 is 21.7 Å². The number of rotatable bonds is 15. The average molecular weight is 619 g/mol. The van der Waals surface area contributed by atoms with Gasteiger partial charge in [-0.3, -0.25) is 19.2 Å². The molecular weight excluding hydrogens is 580 g/mol. The molecule has 4 rings (SSSR count). The molecule has 0 aliphatic heterocycles. The third kappa shape index (κ3) is 8.48. The lowest BCUT2D eigenvalue weighted by Gasteiger charge is -2.26. The number of carbonyl (C=O) groups is 5. The van der Waals surface area contributed by atoms with Crippen molar-refractivity contribution in [1.29, 1.82) is 0 Å². The molecule has 0 saturated carbocycles. The predicted molar refractivity (Wildman–Crippen MR) is 167 cm³/mol. The van der Waals surface area contributed by atoms with E-state index in [2.05, 4.69) is 25.9 Å². The van der Waals surface area contributed by atoms with E-state index >= 15 is 0 Å². The molecule has 3 amide bonds. The van der Waals surface area contributed by atoms with Crippen LogP contribution in [0.15, 0.2) is 60.9 Å². The number of nitrogens with one attached hydrogen (secondary N) is 5. The van der Waals surface area contributed by atoms with Crippen molar-refractivity contribution in [2.75, 3.05) is 0 Å². The Labute approximate surface area is 258 Å². The Balaban J connectivity index is 1.54. The second-order valence-corrected chi connectivity index (χ2v) is 11.5. The van der Waals surface area contributed by atoms with Gasteiger partial charge in [0.15, 0.2) is 0 Å². The lowest BCUT2D eigenvalue weighted by Crippen LogP contribution is -2.58. The summed E-state index contributed by atoms with van der Waals surface area (Å²) in [5, 5.41) is 28.5. The Morgan fingerprint density at radius 2 is 1.18 bits per heavy atom. The first-order valence-corrected chi connectivity index (χ1v) is 14.6. The van der Waals surface area contributed by atoms with Crippen molar-refractivity contribution in [1.82, 2.24) is 25.9 Å². The molecule has 2 heterocycles. The molecule has 4 aromatic rings. The van der Waals surface area contributed by atoms with E-state index in [-0.39, 0.29) is 25.2 Å². The molecule has 0 fully saturated rings. The van der Waals surface area contributed by atoms with Gasteiger partial charge in [0.1, 0.15) is 18.1 Å². The Kier molecular flexibility index (Phi) is 10.6. The standard InChI is InChI=1S/C32H38N6O7/c1-17(2)11-25(30(42)38-27(32(44)45)13-19-16-35-24-10-6-4-8-21(19)24)37-31(43)26(36-29(41)22(33)14-28(39)40)12-18-15-34-23-9-5-3-7-20(18)23/h3-10,15-17,22,25-27,34-35H,11-14,33H2,1-2H3,(H,36,41)(H,37,43)(H,38,42)(H,39,40)(H,44,45). The van der Waals surface area contributed by atoms with E-state index < -0.39 is 60.2 Å². The third-order valence-corrected chi connectivity index (χ3v) is 7.52. The second kappa shape index (κ2) is 14.5. The zero-order chi connectivity index (χ0) is 32.7. The van der Waals surface area contributed by atoms with E-state index in [1.165, 1.54) is 0 Å². The number of hydrogen-bond acceptors (Lipinski definition) is 6. The lowest BCUT2D eigenvalue weighted by atomic mass is 9.99. The molecule has 0 spiro atoms. The van der Waals surface area contributed by atoms with Crippen LogP contribution in [0.3, 0.4) is 0 Å². The Hall–Kier alpha value is -5.17. The maximum absolute atomic E-state index is 13.7. The molecule has 0 aliphatic rings. The quantitative estimate of drug-likeness (QED) is 0.0980. The molecule has 0 aliphatic carbocycles. The SMILES string of the molecule is CC(C)CC(NC(=O)C(Cc1c[nH]c2ccccc12)NC(=O)C(N)CC(=O)O)C(=O)NC(Cc1c[nH]c2ccccc12)C(=O)O. The monoisotopic (exact) mass is 618 g/mol. The molecule has 0 bridgehead atoms. The molecule has 4 unspecified atom stereocenters. The number of H-pyrrole nitrogens is 2. The molecule has 238 valence electrons. The van der Waals surface area contributed by atoms with E-state index in [1.807, 2.05) is 62.4 Å². The number of para-hydroxylation sites is 2. The molecule has 0 saturated heterocycles. The number of carboxylic acid groups (broad SMARTS) is 2. The molecular formula is C32H38N6O7. The molecule has 9 N–H and O–H groups in total. The fraction of sp³-hybridized carbons (Fsp3) is 0.344. The van der Waals surface area contributed by atoms with E-state index in [9.17, 15) is 29.1 Å². The zero-order valence-corrected chi connectivity index (χ0v) is 25.0. The highest BCUT2D eigenvalue weighted by atomic mass is 16.4. The van der Waals surface area contributed by atoms with Crippen molar-refractivity contribution < 1.29 is 34.2 Å². The topological polar surface area (TPSA) is 219 Å². The second-order valence-electron chi connectivity index (χ2n) is 11.5. The van der Waals surface area contributed by atoms with Gasteiger partial charge in [0, 0.05) is 47.0 Å². The molecule has 4 atom stereocenters. The normalized spacial score (nSPS) is 14.0. The molecule has 0 radical (unpaired) electrons. The summed E-state index contributed by atoms with van der Waals surface area (Å²) < 4.78 is 0. The van der Waals surface area contributed by atoms with Gasteiger partial charge in [-0.2, -0.15) is 0 Å². The van der Waals surface area contributed by atoms with Crippen molar-refractivity contribution >= 4 is 51.5 Å². The van der Waals surface area contributed by atoms with E-state index in [1.54, 1.807) is 12.4 Å². The van der Waals surface area contributed by atoms with Crippen LogP contribution in [0.5, 0.6) is 0 Å². The number of benzene rings is 2. The number of fused-ring (bicyclic) bond motifs is 2. The number of aromatic nitrogens is 2. The van der Waals surface area contributed by atoms with Gasteiger partial charge in [0.05, 0.1) is 12.5 Å². The molecule has 2 aromatic carbocycles. The van der Waals surface area contributed by atoms with Crippen LogP contribution in [0.2, 0.25) is 0 Å². The number of amides is 3. The minimum Gasteiger partial charge on any atom is -0.481 e. The first-order valence-electron chi connectivity index (χ1n) is 14.6. The van der Waals surface area contributed by atoms with Crippen molar-refractivity contribution in [3.63, 3.8) is 0 Å². The number of hydrogen-bond donors (Lipinski definition) is 8. The summed E-state index contributed by atoms with van der Waals surface area (Å²) in [5.41, 5.74) is 8.82. The van der Waals surface area contributed by atoms with E-state index in [0.29, 0.717) is 11.1 Å². The van der Waals surface area contributed by atoms with Gasteiger partial charge < -0.3 is 41.9 Å². The maximum atomic E-state index is 13.7. The highest BCUT2D eigenvalue weighted by molar-refractivity contribution is 5.95. The molecule has 2 aromatic heterocycles. The van der Waals surface area contributed by atoms with Crippen molar-refractivity contribution in [2.24, 2.45) is 11.7 Å². The number of nitrogens with two attached hydrogens (primary N) is 1. The Morgan fingerprint density at radius 3 is 1.69 bits per heavy atom. The average Bonchev–Trinajstić information content (AvgIpc) is 3.59. The smallest absolute Gasteiger partial charge is 0.326 e. The van der Waals surface area contributed by atoms with E-state index in [0.717, 1.165) is 21.8 Å². The summed E-state index contributed by atoms with van der Waals surface area (Å²) in [7, 11) is 0. The summed E-state index contributed by atoms with van der Waals surface area (Å²) in [6.07, 6.45) is 2.97. The first kappa shape index (κ1) is 32.7. The van der Waals surface area contributed by atoms with Crippen LogP contribution in [0, 0.1) is 5.92 Å². The van der Waals surface area contributed by atoms with Crippen LogP contribution in [-0.2, 0) is 36.8 Å². The summed E-state index contributed by atoms with van der Waals surface area (Å²) in [4.78, 5) is 69.6. The summed E-state index contributed by atoms with van der Waals surface area (Å²) in [6.45, 7) is 3.70. The summed E-state index contributed by atoms with van der Waals surface area (Å²) >= 11 is 0. The lowest BCUT2D eigenvalue weighted by molar-refractivity contribution is -0.142. The Morgan fingerprint density at radius 1 is 0.711 bits per heavy atom. The highest BCUT2D eigenvalue weighted by Crippen LogP contribution is 2.21.